The summed E-state index contributed by atoms with van der Waals surface area (Å²) in [4.78, 5) is 12.3. The number of ether oxygens (including phenoxy) is 2. The topological polar surface area (TPSA) is 55.8 Å². The van der Waals surface area contributed by atoms with Gasteiger partial charge in [0, 0.05) is 42.8 Å². The normalized spacial score (nSPS) is 48.7. The van der Waals surface area contributed by atoms with Gasteiger partial charge in [0.15, 0.2) is 6.29 Å². The summed E-state index contributed by atoms with van der Waals surface area (Å²) in [5.41, 5.74) is -0.526. The minimum absolute atomic E-state index is 0.0363. The first-order valence-electron chi connectivity index (χ1n) is 7.36. The van der Waals surface area contributed by atoms with E-state index in [4.69, 9.17) is 9.47 Å². The maximum absolute atomic E-state index is 12.3. The van der Waals surface area contributed by atoms with Crippen molar-refractivity contribution < 1.29 is 19.4 Å². The summed E-state index contributed by atoms with van der Waals surface area (Å²) in [7, 11) is 0. The van der Waals surface area contributed by atoms with Crippen molar-refractivity contribution in [2.24, 2.45) is 23.2 Å². The lowest BCUT2D eigenvalue weighted by atomic mass is 9.52. The van der Waals surface area contributed by atoms with E-state index in [1.54, 1.807) is 0 Å². The smallest absolute Gasteiger partial charge is 0.164 e. The van der Waals surface area contributed by atoms with Gasteiger partial charge in [-0.3, -0.25) is 4.79 Å². The molecule has 3 fully saturated rings. The molecule has 5 atom stereocenters. The number of carbonyl (C=O) groups is 1. The third-order valence-corrected chi connectivity index (χ3v) is 5.76. The third-order valence-electron chi connectivity index (χ3n) is 5.76. The number of ketones is 1. The molecular formula is C15H24O4. The molecule has 2 aliphatic heterocycles. The lowest BCUT2D eigenvalue weighted by Crippen LogP contribution is -2.56. The highest BCUT2D eigenvalue weighted by atomic mass is 16.7. The predicted molar refractivity (Wildman–Crippen MR) is 69.4 cm³/mol. The van der Waals surface area contributed by atoms with Crippen LogP contribution in [0.3, 0.4) is 0 Å². The van der Waals surface area contributed by atoms with Crippen molar-refractivity contribution in [3.05, 3.63) is 0 Å². The second kappa shape index (κ2) is 4.27. The number of hydrogen-bond acceptors (Lipinski definition) is 4. The maximum Gasteiger partial charge on any atom is 0.164 e. The van der Waals surface area contributed by atoms with Gasteiger partial charge in [-0.1, -0.05) is 6.92 Å². The molecule has 0 bridgehead atoms. The molecule has 108 valence electrons. The van der Waals surface area contributed by atoms with Crippen LogP contribution in [0.5, 0.6) is 0 Å². The largest absolute Gasteiger partial charge is 0.396 e. The van der Waals surface area contributed by atoms with E-state index in [-0.39, 0.29) is 47.4 Å². The number of Topliss-reactive ketones (excluding diaryl/α,β-unsaturated/α-hetero) is 1. The molecule has 4 heteroatoms. The number of aliphatic hydroxyl groups is 1. The van der Waals surface area contributed by atoms with Gasteiger partial charge in [0.1, 0.15) is 5.78 Å². The Morgan fingerprint density at radius 2 is 2.16 bits per heavy atom. The Bertz CT molecular complexity index is 392. The summed E-state index contributed by atoms with van der Waals surface area (Å²) < 4.78 is 12.0. The quantitative estimate of drug-likeness (QED) is 0.787. The van der Waals surface area contributed by atoms with Gasteiger partial charge in [-0.05, 0) is 26.7 Å². The van der Waals surface area contributed by atoms with Crippen LogP contribution in [0.4, 0.5) is 0 Å². The Kier molecular flexibility index (Phi) is 3.04. The summed E-state index contributed by atoms with van der Waals surface area (Å²) >= 11 is 0. The Hall–Kier alpha value is -0.450. The van der Waals surface area contributed by atoms with Crippen LogP contribution in [0.15, 0.2) is 0 Å². The first-order chi connectivity index (χ1) is 8.93. The van der Waals surface area contributed by atoms with E-state index in [0.717, 1.165) is 19.4 Å². The molecule has 4 nitrogen and oxygen atoms in total. The molecule has 0 aromatic heterocycles. The maximum atomic E-state index is 12.3. The molecule has 0 amide bonds. The standard InChI is InChI=1S/C15H24O4/c1-9-10(8-16)15-5-4-6-18-13(15)19-14(2,3)12(15)7-11(9)17/h9-10,12-13,16H,4-8H2,1-3H3/t9-,10+,12+,13+,15+/m1/s1. The molecule has 0 aromatic rings. The Labute approximate surface area is 114 Å². The molecule has 0 unspecified atom stereocenters. The number of rotatable bonds is 1. The first-order valence-corrected chi connectivity index (χ1v) is 7.36. The Morgan fingerprint density at radius 3 is 2.84 bits per heavy atom. The molecule has 1 saturated carbocycles. The molecule has 0 aromatic carbocycles. The molecule has 3 aliphatic rings. The van der Waals surface area contributed by atoms with E-state index in [2.05, 4.69) is 13.8 Å². The number of aliphatic hydroxyl groups excluding tert-OH is 1. The van der Waals surface area contributed by atoms with E-state index in [0.29, 0.717) is 6.42 Å². The fourth-order valence-electron chi connectivity index (χ4n) is 4.79. The van der Waals surface area contributed by atoms with Crippen molar-refractivity contribution in [2.45, 2.75) is 51.9 Å². The van der Waals surface area contributed by atoms with Gasteiger partial charge in [-0.2, -0.15) is 0 Å². The predicted octanol–water partition coefficient (Wildman–Crippen LogP) is 1.75. The first kappa shape index (κ1) is 13.5. The molecule has 0 radical (unpaired) electrons. The molecule has 19 heavy (non-hydrogen) atoms. The van der Waals surface area contributed by atoms with Gasteiger partial charge >= 0.3 is 0 Å². The molecule has 1 aliphatic carbocycles. The summed E-state index contributed by atoms with van der Waals surface area (Å²) in [6.07, 6.45) is 2.29. The van der Waals surface area contributed by atoms with Crippen molar-refractivity contribution in [1.29, 1.82) is 0 Å². The van der Waals surface area contributed by atoms with Crippen molar-refractivity contribution in [3.63, 3.8) is 0 Å². The zero-order valence-electron chi connectivity index (χ0n) is 12.0. The second-order valence-electron chi connectivity index (χ2n) is 6.94. The summed E-state index contributed by atoms with van der Waals surface area (Å²) in [6, 6.07) is 0. The van der Waals surface area contributed by atoms with Gasteiger partial charge in [-0.25, -0.2) is 0 Å². The van der Waals surface area contributed by atoms with Crippen LogP contribution in [0.1, 0.15) is 40.0 Å². The van der Waals surface area contributed by atoms with Gasteiger partial charge in [0.25, 0.3) is 0 Å². The zero-order chi connectivity index (χ0) is 13.8. The summed E-state index contributed by atoms with van der Waals surface area (Å²) in [6.45, 7) is 6.82. The van der Waals surface area contributed by atoms with Crippen molar-refractivity contribution in [1.82, 2.24) is 0 Å². The van der Waals surface area contributed by atoms with Crippen LogP contribution >= 0.6 is 0 Å². The van der Waals surface area contributed by atoms with Crippen LogP contribution in [-0.4, -0.2) is 36.0 Å². The van der Waals surface area contributed by atoms with Gasteiger partial charge < -0.3 is 14.6 Å². The average Bonchev–Trinajstić information content (AvgIpc) is 2.59. The lowest BCUT2D eigenvalue weighted by molar-refractivity contribution is -0.230. The van der Waals surface area contributed by atoms with Crippen LogP contribution in [0.2, 0.25) is 0 Å². The average molecular weight is 268 g/mol. The minimum Gasteiger partial charge on any atom is -0.396 e. The van der Waals surface area contributed by atoms with Crippen molar-refractivity contribution >= 4 is 5.78 Å². The third kappa shape index (κ3) is 1.66. The fourth-order valence-corrected chi connectivity index (χ4v) is 4.79. The molecular weight excluding hydrogens is 244 g/mol. The zero-order valence-corrected chi connectivity index (χ0v) is 12.0. The van der Waals surface area contributed by atoms with Gasteiger partial charge in [0.05, 0.1) is 5.60 Å². The van der Waals surface area contributed by atoms with Crippen LogP contribution < -0.4 is 0 Å². The molecule has 3 rings (SSSR count). The van der Waals surface area contributed by atoms with Crippen LogP contribution in [0.25, 0.3) is 0 Å². The molecule has 1 N–H and O–H groups in total. The molecule has 2 saturated heterocycles. The van der Waals surface area contributed by atoms with E-state index in [1.807, 2.05) is 6.92 Å². The number of hydrogen-bond donors (Lipinski definition) is 1. The highest BCUT2D eigenvalue weighted by molar-refractivity contribution is 5.82. The van der Waals surface area contributed by atoms with E-state index in [9.17, 15) is 9.90 Å². The summed E-state index contributed by atoms with van der Waals surface area (Å²) in [5.74, 6) is 0.289. The fraction of sp³-hybridized carbons (Fsp3) is 0.933. The van der Waals surface area contributed by atoms with E-state index < -0.39 is 0 Å². The Balaban J connectivity index is 2.08. The van der Waals surface area contributed by atoms with Crippen LogP contribution in [0, 0.1) is 23.2 Å². The van der Waals surface area contributed by atoms with Crippen molar-refractivity contribution in [3.8, 4) is 0 Å². The number of carbonyl (C=O) groups excluding carboxylic acids is 1. The molecule has 1 spiro atoms. The second-order valence-corrected chi connectivity index (χ2v) is 6.94. The SMILES string of the molecule is C[C@H]1C(=O)C[C@H]2C(C)(C)O[C@@H]3OCCC[C@@]32[C@H]1CO. The summed E-state index contributed by atoms with van der Waals surface area (Å²) in [5, 5.41) is 9.87. The monoisotopic (exact) mass is 268 g/mol. The Morgan fingerprint density at radius 1 is 1.42 bits per heavy atom. The van der Waals surface area contributed by atoms with Gasteiger partial charge in [0.2, 0.25) is 0 Å². The van der Waals surface area contributed by atoms with Crippen LogP contribution in [-0.2, 0) is 14.3 Å². The minimum atomic E-state index is -0.349. The highest BCUT2D eigenvalue weighted by Gasteiger charge is 2.67. The van der Waals surface area contributed by atoms with Gasteiger partial charge in [-0.15, -0.1) is 0 Å². The lowest BCUT2D eigenvalue weighted by Gasteiger charge is -2.52. The van der Waals surface area contributed by atoms with E-state index in [1.165, 1.54) is 0 Å². The molecule has 2 heterocycles. The van der Waals surface area contributed by atoms with E-state index >= 15 is 0 Å². The highest BCUT2D eigenvalue weighted by Crippen LogP contribution is 2.63. The van der Waals surface area contributed by atoms with Crippen molar-refractivity contribution in [2.75, 3.05) is 13.2 Å².